The number of hydrogen-bond donors (Lipinski definition) is 3. The van der Waals surface area contributed by atoms with Crippen LogP contribution in [-0.4, -0.2) is 11.7 Å². The summed E-state index contributed by atoms with van der Waals surface area (Å²) >= 11 is 1.19. The van der Waals surface area contributed by atoms with Gasteiger partial charge in [-0.3, -0.25) is 10.2 Å². The van der Waals surface area contributed by atoms with Crippen LogP contribution < -0.4 is 11.5 Å². The van der Waals surface area contributed by atoms with Gasteiger partial charge in [0.1, 0.15) is 5.84 Å². The summed E-state index contributed by atoms with van der Waals surface area (Å²) in [5.74, 6) is -0.531. The number of carbonyl (C=O) groups is 1. The highest BCUT2D eigenvalue weighted by Crippen LogP contribution is 2.12. The first-order valence-corrected chi connectivity index (χ1v) is 3.72. The van der Waals surface area contributed by atoms with E-state index >= 15 is 0 Å². The average molecular weight is 169 g/mol. The van der Waals surface area contributed by atoms with Gasteiger partial charge in [-0.2, -0.15) is 0 Å². The lowest BCUT2D eigenvalue weighted by Gasteiger charge is -1.87. The average Bonchev–Trinajstić information content (AvgIpc) is 2.33. The Balaban J connectivity index is 2.99. The summed E-state index contributed by atoms with van der Waals surface area (Å²) in [4.78, 5) is 11.0. The third-order valence-electron chi connectivity index (χ3n) is 1.15. The van der Waals surface area contributed by atoms with Gasteiger partial charge in [-0.05, 0) is 6.07 Å². The molecule has 0 radical (unpaired) electrons. The summed E-state index contributed by atoms with van der Waals surface area (Å²) in [5, 5.41) is 8.65. The summed E-state index contributed by atoms with van der Waals surface area (Å²) in [6, 6.07) is 1.51. The minimum absolute atomic E-state index is 0.0475. The standard InChI is InChI=1S/C6H7N3OS/c7-5(8)3-1-4(6(9)10)11-2-3/h1-2H,(H3,7,8)(H2,9,10). The molecule has 1 amide bonds. The van der Waals surface area contributed by atoms with E-state index in [9.17, 15) is 4.79 Å². The normalized spacial score (nSPS) is 9.45. The first kappa shape index (κ1) is 7.74. The van der Waals surface area contributed by atoms with Crippen molar-refractivity contribution in [2.75, 3.05) is 0 Å². The summed E-state index contributed by atoms with van der Waals surface area (Å²) in [7, 11) is 0. The molecule has 1 aromatic rings. The molecule has 1 aromatic heterocycles. The van der Waals surface area contributed by atoms with Crippen LogP contribution in [0.5, 0.6) is 0 Å². The minimum atomic E-state index is -0.484. The molecule has 0 aliphatic rings. The van der Waals surface area contributed by atoms with E-state index in [4.69, 9.17) is 16.9 Å². The molecule has 0 unspecified atom stereocenters. The van der Waals surface area contributed by atoms with Crippen LogP contribution in [0.15, 0.2) is 11.4 Å². The van der Waals surface area contributed by atoms with Crippen LogP contribution in [0.3, 0.4) is 0 Å². The van der Waals surface area contributed by atoms with Gasteiger partial charge >= 0.3 is 0 Å². The van der Waals surface area contributed by atoms with E-state index in [0.29, 0.717) is 10.4 Å². The fourth-order valence-corrected chi connectivity index (χ4v) is 1.37. The maximum Gasteiger partial charge on any atom is 0.258 e. The first-order valence-electron chi connectivity index (χ1n) is 2.84. The molecule has 0 aliphatic heterocycles. The Morgan fingerprint density at radius 1 is 1.55 bits per heavy atom. The number of amides is 1. The zero-order chi connectivity index (χ0) is 8.43. The molecule has 5 N–H and O–H groups in total. The zero-order valence-corrected chi connectivity index (χ0v) is 6.44. The SMILES string of the molecule is N=C(N)c1csc(C(N)=O)c1. The van der Waals surface area contributed by atoms with Gasteiger partial charge in [0.05, 0.1) is 4.88 Å². The minimum Gasteiger partial charge on any atom is -0.384 e. The van der Waals surface area contributed by atoms with Crippen LogP contribution in [0.25, 0.3) is 0 Å². The Morgan fingerprint density at radius 2 is 2.18 bits per heavy atom. The predicted molar refractivity (Wildman–Crippen MR) is 43.9 cm³/mol. The number of primary amides is 1. The highest BCUT2D eigenvalue weighted by atomic mass is 32.1. The fourth-order valence-electron chi connectivity index (χ4n) is 0.607. The second-order valence-corrected chi connectivity index (χ2v) is 2.89. The van der Waals surface area contributed by atoms with Crippen molar-refractivity contribution >= 4 is 23.1 Å². The molecular formula is C6H7N3OS. The number of hydrogen-bond acceptors (Lipinski definition) is 3. The van der Waals surface area contributed by atoms with E-state index in [2.05, 4.69) is 0 Å². The maximum atomic E-state index is 10.6. The molecular weight excluding hydrogens is 162 g/mol. The molecule has 0 atom stereocenters. The topological polar surface area (TPSA) is 93.0 Å². The van der Waals surface area contributed by atoms with Crippen molar-refractivity contribution in [2.45, 2.75) is 0 Å². The number of nitrogen functional groups attached to an aromatic ring is 1. The van der Waals surface area contributed by atoms with Crippen LogP contribution >= 0.6 is 11.3 Å². The third-order valence-corrected chi connectivity index (χ3v) is 2.10. The molecule has 1 heterocycles. The van der Waals surface area contributed by atoms with Crippen molar-refractivity contribution in [2.24, 2.45) is 11.5 Å². The van der Waals surface area contributed by atoms with E-state index in [0.717, 1.165) is 0 Å². The van der Waals surface area contributed by atoms with E-state index in [1.54, 1.807) is 5.38 Å². The largest absolute Gasteiger partial charge is 0.384 e. The number of nitrogens with one attached hydrogen (secondary N) is 1. The molecule has 0 aliphatic carbocycles. The number of nitrogens with two attached hydrogens (primary N) is 2. The second-order valence-electron chi connectivity index (χ2n) is 1.98. The summed E-state index contributed by atoms with van der Waals surface area (Å²) < 4.78 is 0. The Bertz CT molecular complexity index is 276. The summed E-state index contributed by atoms with van der Waals surface area (Å²) in [6.07, 6.45) is 0. The zero-order valence-electron chi connectivity index (χ0n) is 5.63. The van der Waals surface area contributed by atoms with Gasteiger partial charge in [0, 0.05) is 10.9 Å². The van der Waals surface area contributed by atoms with Crippen LogP contribution in [0.2, 0.25) is 0 Å². The molecule has 4 nitrogen and oxygen atoms in total. The molecule has 11 heavy (non-hydrogen) atoms. The maximum absolute atomic E-state index is 10.6. The van der Waals surface area contributed by atoms with Crippen LogP contribution in [0.1, 0.15) is 15.2 Å². The predicted octanol–water partition coefficient (Wildman–Crippen LogP) is 0.131. The lowest BCUT2D eigenvalue weighted by atomic mass is 10.3. The van der Waals surface area contributed by atoms with Gasteiger partial charge in [-0.25, -0.2) is 0 Å². The highest BCUT2D eigenvalue weighted by Gasteiger charge is 2.05. The van der Waals surface area contributed by atoms with Gasteiger partial charge in [0.25, 0.3) is 5.91 Å². The van der Waals surface area contributed by atoms with Gasteiger partial charge in [0.2, 0.25) is 0 Å². The van der Waals surface area contributed by atoms with Crippen LogP contribution in [-0.2, 0) is 0 Å². The van der Waals surface area contributed by atoms with Crippen molar-refractivity contribution in [1.82, 2.24) is 0 Å². The number of thiophene rings is 1. The second kappa shape index (κ2) is 2.71. The Labute approximate surface area is 67.3 Å². The smallest absolute Gasteiger partial charge is 0.258 e. The van der Waals surface area contributed by atoms with Crippen molar-refractivity contribution in [3.8, 4) is 0 Å². The number of rotatable bonds is 2. The molecule has 0 bridgehead atoms. The lowest BCUT2D eigenvalue weighted by molar-refractivity contribution is 0.100. The van der Waals surface area contributed by atoms with E-state index in [-0.39, 0.29) is 5.84 Å². The Morgan fingerprint density at radius 3 is 2.45 bits per heavy atom. The van der Waals surface area contributed by atoms with E-state index in [1.807, 2.05) is 0 Å². The third kappa shape index (κ3) is 1.56. The molecule has 0 saturated carbocycles. The Hall–Kier alpha value is -1.36. The lowest BCUT2D eigenvalue weighted by Crippen LogP contribution is -2.11. The van der Waals surface area contributed by atoms with Gasteiger partial charge in [-0.1, -0.05) is 0 Å². The van der Waals surface area contributed by atoms with E-state index in [1.165, 1.54) is 17.4 Å². The molecule has 0 fully saturated rings. The molecule has 5 heteroatoms. The van der Waals surface area contributed by atoms with Crippen molar-refractivity contribution in [1.29, 1.82) is 5.41 Å². The number of carbonyl (C=O) groups excluding carboxylic acids is 1. The number of amidine groups is 1. The van der Waals surface area contributed by atoms with Crippen molar-refractivity contribution in [3.05, 3.63) is 21.9 Å². The fraction of sp³-hybridized carbons (Fsp3) is 0. The highest BCUT2D eigenvalue weighted by molar-refractivity contribution is 7.12. The van der Waals surface area contributed by atoms with Crippen molar-refractivity contribution < 1.29 is 4.79 Å². The quantitative estimate of drug-likeness (QED) is 0.433. The summed E-state index contributed by atoms with van der Waals surface area (Å²) in [5.41, 5.74) is 10.7. The molecule has 0 saturated heterocycles. The van der Waals surface area contributed by atoms with Crippen LogP contribution in [0, 0.1) is 5.41 Å². The van der Waals surface area contributed by atoms with Gasteiger partial charge in [-0.15, -0.1) is 11.3 Å². The summed E-state index contributed by atoms with van der Waals surface area (Å²) in [6.45, 7) is 0. The molecule has 58 valence electrons. The van der Waals surface area contributed by atoms with Gasteiger partial charge in [0.15, 0.2) is 0 Å². The van der Waals surface area contributed by atoms with Crippen LogP contribution in [0.4, 0.5) is 0 Å². The molecule has 1 rings (SSSR count). The van der Waals surface area contributed by atoms with Crippen molar-refractivity contribution in [3.63, 3.8) is 0 Å². The molecule has 0 aromatic carbocycles. The van der Waals surface area contributed by atoms with E-state index < -0.39 is 5.91 Å². The molecule has 0 spiro atoms. The Kier molecular flexibility index (Phi) is 1.91. The monoisotopic (exact) mass is 169 g/mol. The first-order chi connectivity index (χ1) is 5.11. The van der Waals surface area contributed by atoms with Gasteiger partial charge < -0.3 is 11.5 Å².